The van der Waals surface area contributed by atoms with Crippen LogP contribution in [0.3, 0.4) is 0 Å². The standard InChI is InChI=1S/C19H24FN3O3S/c1-13-19(14(2)23(22-13)17-10-11-27(25,26)12-17)21-18(24)5-3-4-15-6-8-16(20)9-7-15/h6-9,17H,3-5,10-12H2,1-2H3,(H,21,24). The molecule has 1 fully saturated rings. The smallest absolute Gasteiger partial charge is 0.224 e. The molecule has 1 saturated heterocycles. The van der Waals surface area contributed by atoms with Gasteiger partial charge in [-0.3, -0.25) is 9.48 Å². The number of hydrogen-bond acceptors (Lipinski definition) is 4. The third kappa shape index (κ3) is 4.74. The number of nitrogens with one attached hydrogen (secondary N) is 1. The normalized spacial score (nSPS) is 18.6. The van der Waals surface area contributed by atoms with E-state index in [1.165, 1.54) is 12.1 Å². The molecule has 3 rings (SSSR count). The van der Waals surface area contributed by atoms with Crippen molar-refractivity contribution in [3.63, 3.8) is 0 Å². The van der Waals surface area contributed by atoms with Crippen LogP contribution in [0, 0.1) is 19.7 Å². The van der Waals surface area contributed by atoms with Crippen LogP contribution in [0.1, 0.15) is 42.3 Å². The van der Waals surface area contributed by atoms with Gasteiger partial charge in [-0.25, -0.2) is 12.8 Å². The highest BCUT2D eigenvalue weighted by molar-refractivity contribution is 7.91. The third-order valence-electron chi connectivity index (χ3n) is 4.93. The van der Waals surface area contributed by atoms with Crippen LogP contribution >= 0.6 is 0 Å². The summed E-state index contributed by atoms with van der Waals surface area (Å²) >= 11 is 0. The Morgan fingerprint density at radius 2 is 2.00 bits per heavy atom. The number of amides is 1. The Balaban J connectivity index is 1.58. The summed E-state index contributed by atoms with van der Waals surface area (Å²) in [7, 11) is -3.00. The lowest BCUT2D eigenvalue weighted by molar-refractivity contribution is -0.116. The number of aromatic nitrogens is 2. The van der Waals surface area contributed by atoms with Crippen molar-refractivity contribution in [2.45, 2.75) is 45.6 Å². The predicted octanol–water partition coefficient (Wildman–Crippen LogP) is 2.96. The van der Waals surface area contributed by atoms with Gasteiger partial charge >= 0.3 is 0 Å². The molecule has 0 saturated carbocycles. The molecule has 1 amide bonds. The summed E-state index contributed by atoms with van der Waals surface area (Å²) < 4.78 is 38.1. The number of anilines is 1. The molecular formula is C19H24FN3O3S. The van der Waals surface area contributed by atoms with Gasteiger partial charge in [-0.1, -0.05) is 12.1 Å². The fraction of sp³-hybridized carbons (Fsp3) is 0.474. The molecule has 1 aromatic carbocycles. The van der Waals surface area contributed by atoms with Crippen LogP contribution < -0.4 is 5.32 Å². The topological polar surface area (TPSA) is 81.1 Å². The molecule has 2 heterocycles. The van der Waals surface area contributed by atoms with E-state index >= 15 is 0 Å². The predicted molar refractivity (Wildman–Crippen MR) is 102 cm³/mol. The highest BCUT2D eigenvalue weighted by Crippen LogP contribution is 2.29. The van der Waals surface area contributed by atoms with Crippen molar-refractivity contribution in [2.75, 3.05) is 16.8 Å². The van der Waals surface area contributed by atoms with E-state index in [9.17, 15) is 17.6 Å². The highest BCUT2D eigenvalue weighted by atomic mass is 32.2. The van der Waals surface area contributed by atoms with Crippen LogP contribution in [-0.2, 0) is 21.1 Å². The monoisotopic (exact) mass is 393 g/mol. The summed E-state index contributed by atoms with van der Waals surface area (Å²) in [5.74, 6) is -0.0994. The molecule has 0 radical (unpaired) electrons. The summed E-state index contributed by atoms with van der Waals surface area (Å²) in [4.78, 5) is 12.3. The fourth-order valence-corrected chi connectivity index (χ4v) is 5.17. The molecule has 2 aromatic rings. The Bertz CT molecular complexity index is 936. The van der Waals surface area contributed by atoms with Crippen LogP contribution in [0.5, 0.6) is 0 Å². The minimum atomic E-state index is -3.00. The van der Waals surface area contributed by atoms with Crippen LogP contribution in [0.25, 0.3) is 0 Å². The van der Waals surface area contributed by atoms with E-state index in [-0.39, 0.29) is 29.3 Å². The largest absolute Gasteiger partial charge is 0.323 e. The van der Waals surface area contributed by atoms with Gasteiger partial charge in [0.2, 0.25) is 5.91 Å². The molecule has 27 heavy (non-hydrogen) atoms. The van der Waals surface area contributed by atoms with E-state index in [1.807, 2.05) is 6.92 Å². The number of aryl methyl sites for hydroxylation is 2. The summed E-state index contributed by atoms with van der Waals surface area (Å²) in [6.07, 6.45) is 2.25. The molecule has 1 aliphatic heterocycles. The zero-order valence-corrected chi connectivity index (χ0v) is 16.4. The lowest BCUT2D eigenvalue weighted by Gasteiger charge is -2.11. The summed E-state index contributed by atoms with van der Waals surface area (Å²) in [5, 5.41) is 7.36. The number of benzene rings is 1. The third-order valence-corrected chi connectivity index (χ3v) is 6.68. The Labute approximate surface area is 158 Å². The molecule has 0 spiro atoms. The van der Waals surface area contributed by atoms with Crippen molar-refractivity contribution in [2.24, 2.45) is 0 Å². The van der Waals surface area contributed by atoms with Gasteiger partial charge in [0.05, 0.1) is 34.6 Å². The SMILES string of the molecule is Cc1nn(C2CCS(=O)(=O)C2)c(C)c1NC(=O)CCCc1ccc(F)cc1. The first-order valence-corrected chi connectivity index (χ1v) is 10.9. The van der Waals surface area contributed by atoms with Crippen LogP contribution in [0.2, 0.25) is 0 Å². The quantitative estimate of drug-likeness (QED) is 0.818. The fourth-order valence-electron chi connectivity index (χ4n) is 3.47. The zero-order valence-electron chi connectivity index (χ0n) is 15.5. The Morgan fingerprint density at radius 1 is 1.30 bits per heavy atom. The highest BCUT2D eigenvalue weighted by Gasteiger charge is 2.31. The Kier molecular flexibility index (Phi) is 5.64. The van der Waals surface area contributed by atoms with Crippen molar-refractivity contribution < 1.29 is 17.6 Å². The van der Waals surface area contributed by atoms with E-state index in [4.69, 9.17) is 0 Å². The van der Waals surface area contributed by atoms with Crippen LogP contribution in [0.15, 0.2) is 24.3 Å². The minimum absolute atomic E-state index is 0.0972. The van der Waals surface area contributed by atoms with Gasteiger partial charge in [-0.15, -0.1) is 0 Å². The molecular weight excluding hydrogens is 369 g/mol. The van der Waals surface area contributed by atoms with Crippen molar-refractivity contribution in [1.82, 2.24) is 9.78 Å². The maximum absolute atomic E-state index is 12.9. The molecule has 6 nitrogen and oxygen atoms in total. The van der Waals surface area contributed by atoms with Gasteiger partial charge in [0, 0.05) is 6.42 Å². The average Bonchev–Trinajstić information content (AvgIpc) is 3.10. The van der Waals surface area contributed by atoms with Gasteiger partial charge in [-0.2, -0.15) is 5.10 Å². The van der Waals surface area contributed by atoms with Gasteiger partial charge in [0.1, 0.15) is 5.82 Å². The average molecular weight is 393 g/mol. The number of sulfone groups is 1. The Hall–Kier alpha value is -2.22. The van der Waals surface area contributed by atoms with Gasteiger partial charge in [0.15, 0.2) is 9.84 Å². The first-order valence-electron chi connectivity index (χ1n) is 9.05. The summed E-state index contributed by atoms with van der Waals surface area (Å²) in [6, 6.07) is 6.11. The van der Waals surface area contributed by atoms with Crippen molar-refractivity contribution in [3.05, 3.63) is 47.0 Å². The van der Waals surface area contributed by atoms with E-state index < -0.39 is 9.84 Å². The van der Waals surface area contributed by atoms with Gasteiger partial charge in [0.25, 0.3) is 0 Å². The van der Waals surface area contributed by atoms with Crippen LogP contribution in [0.4, 0.5) is 10.1 Å². The maximum atomic E-state index is 12.9. The molecule has 1 aliphatic rings. The molecule has 0 bridgehead atoms. The summed E-state index contributed by atoms with van der Waals surface area (Å²) in [6.45, 7) is 3.65. The van der Waals surface area contributed by atoms with Crippen molar-refractivity contribution >= 4 is 21.4 Å². The van der Waals surface area contributed by atoms with Gasteiger partial charge < -0.3 is 5.32 Å². The summed E-state index contributed by atoms with van der Waals surface area (Å²) in [5.41, 5.74) is 3.11. The second-order valence-corrected chi connectivity index (χ2v) is 9.30. The molecule has 1 aromatic heterocycles. The molecule has 146 valence electrons. The number of carbonyl (C=O) groups excluding carboxylic acids is 1. The zero-order chi connectivity index (χ0) is 19.6. The maximum Gasteiger partial charge on any atom is 0.224 e. The second kappa shape index (κ2) is 7.80. The molecule has 8 heteroatoms. The molecule has 1 atom stereocenters. The van der Waals surface area contributed by atoms with Crippen molar-refractivity contribution in [1.29, 1.82) is 0 Å². The van der Waals surface area contributed by atoms with Crippen LogP contribution in [-0.4, -0.2) is 35.6 Å². The first kappa shape index (κ1) is 19.5. The number of nitrogens with zero attached hydrogens (tertiary/aromatic N) is 2. The first-order chi connectivity index (χ1) is 12.7. The number of halogens is 1. The lowest BCUT2D eigenvalue weighted by atomic mass is 10.1. The molecule has 1 N–H and O–H groups in total. The Morgan fingerprint density at radius 3 is 2.63 bits per heavy atom. The van der Waals surface area contributed by atoms with E-state index in [0.29, 0.717) is 37.1 Å². The van der Waals surface area contributed by atoms with Crippen molar-refractivity contribution in [3.8, 4) is 0 Å². The molecule has 1 unspecified atom stereocenters. The molecule has 0 aliphatic carbocycles. The second-order valence-electron chi connectivity index (χ2n) is 7.08. The van der Waals surface area contributed by atoms with E-state index in [1.54, 1.807) is 23.7 Å². The number of carbonyl (C=O) groups is 1. The van der Waals surface area contributed by atoms with E-state index in [2.05, 4.69) is 10.4 Å². The number of rotatable bonds is 6. The lowest BCUT2D eigenvalue weighted by Crippen LogP contribution is -2.15. The number of hydrogen-bond donors (Lipinski definition) is 1. The van der Waals surface area contributed by atoms with Gasteiger partial charge in [-0.05, 0) is 50.8 Å². The minimum Gasteiger partial charge on any atom is -0.323 e. The van der Waals surface area contributed by atoms with E-state index in [0.717, 1.165) is 11.3 Å².